The van der Waals surface area contributed by atoms with Gasteiger partial charge in [0.1, 0.15) is 17.3 Å². The van der Waals surface area contributed by atoms with Gasteiger partial charge in [-0.25, -0.2) is 18.9 Å². The number of benzene rings is 1. The van der Waals surface area contributed by atoms with Crippen LogP contribution in [-0.2, 0) is 19.5 Å². The van der Waals surface area contributed by atoms with Gasteiger partial charge in [0, 0.05) is 36.8 Å². The van der Waals surface area contributed by atoms with Crippen LogP contribution in [-0.4, -0.2) is 36.3 Å². The minimum Gasteiger partial charge on any atom is -0.349 e. The Morgan fingerprint density at radius 1 is 1.23 bits per heavy atom. The molecule has 1 aliphatic rings. The monoisotopic (exact) mass is 420 g/mol. The van der Waals surface area contributed by atoms with E-state index in [1.54, 1.807) is 35.2 Å². The number of amides is 1. The summed E-state index contributed by atoms with van der Waals surface area (Å²) >= 11 is 0. The van der Waals surface area contributed by atoms with Gasteiger partial charge in [0.05, 0.1) is 12.1 Å². The van der Waals surface area contributed by atoms with Gasteiger partial charge in [-0.05, 0) is 42.7 Å². The van der Waals surface area contributed by atoms with Gasteiger partial charge in [0.2, 0.25) is 0 Å². The first kappa shape index (κ1) is 19.2. The van der Waals surface area contributed by atoms with Crippen LogP contribution in [0.5, 0.6) is 0 Å². The van der Waals surface area contributed by atoms with Crippen LogP contribution in [0.25, 0.3) is 11.0 Å². The Bertz CT molecular complexity index is 1300. The van der Waals surface area contributed by atoms with Gasteiger partial charge in [0.15, 0.2) is 0 Å². The third kappa shape index (κ3) is 3.74. The molecule has 0 aliphatic carbocycles. The van der Waals surface area contributed by atoms with Gasteiger partial charge < -0.3 is 10.3 Å². The molecule has 4 aromatic rings. The van der Waals surface area contributed by atoms with Gasteiger partial charge in [-0.2, -0.15) is 5.10 Å². The van der Waals surface area contributed by atoms with Crippen LogP contribution in [0.15, 0.2) is 53.6 Å². The Morgan fingerprint density at radius 2 is 2.06 bits per heavy atom. The summed E-state index contributed by atoms with van der Waals surface area (Å²) in [5, 5.41) is 8.35. The summed E-state index contributed by atoms with van der Waals surface area (Å²) in [6.45, 7) is 0.784. The summed E-state index contributed by atoms with van der Waals surface area (Å²) < 4.78 is 16.2. The first-order valence-corrected chi connectivity index (χ1v) is 10.2. The predicted molar refractivity (Wildman–Crippen MR) is 112 cm³/mol. The first-order valence-electron chi connectivity index (χ1n) is 10.2. The summed E-state index contributed by atoms with van der Waals surface area (Å²) in [7, 11) is 0. The summed E-state index contributed by atoms with van der Waals surface area (Å²) in [6.07, 6.45) is 5.27. The van der Waals surface area contributed by atoms with E-state index >= 15 is 0 Å². The SMILES string of the molecule is O=C(NC1CCc2nn(Cc3ccc(F)cc3)c(=O)n2CC1)c1c[nH]c2ncccc12. The van der Waals surface area contributed by atoms with Crippen molar-refractivity contribution in [2.45, 2.75) is 38.4 Å². The van der Waals surface area contributed by atoms with Crippen LogP contribution in [0.2, 0.25) is 0 Å². The molecule has 0 saturated carbocycles. The molecule has 0 spiro atoms. The van der Waals surface area contributed by atoms with Crippen molar-refractivity contribution in [2.24, 2.45) is 0 Å². The lowest BCUT2D eigenvalue weighted by Crippen LogP contribution is -2.35. The molecule has 1 aromatic carbocycles. The largest absolute Gasteiger partial charge is 0.349 e. The number of aromatic amines is 1. The van der Waals surface area contributed by atoms with Crippen molar-refractivity contribution in [2.75, 3.05) is 0 Å². The average molecular weight is 420 g/mol. The number of aryl methyl sites for hydroxylation is 1. The fourth-order valence-electron chi connectivity index (χ4n) is 4.05. The number of hydrogen-bond donors (Lipinski definition) is 2. The summed E-state index contributed by atoms with van der Waals surface area (Å²) in [4.78, 5) is 32.8. The number of nitrogens with one attached hydrogen (secondary N) is 2. The van der Waals surface area contributed by atoms with Crippen LogP contribution in [0.3, 0.4) is 0 Å². The normalized spacial score (nSPS) is 16.1. The molecule has 1 unspecified atom stereocenters. The maximum atomic E-state index is 13.1. The number of aromatic nitrogens is 5. The number of rotatable bonds is 4. The highest BCUT2D eigenvalue weighted by atomic mass is 19.1. The third-order valence-corrected chi connectivity index (χ3v) is 5.69. The van der Waals surface area contributed by atoms with E-state index in [1.807, 2.05) is 6.07 Å². The molecule has 158 valence electrons. The number of carbonyl (C=O) groups is 1. The number of pyridine rings is 1. The summed E-state index contributed by atoms with van der Waals surface area (Å²) in [5.41, 5.74) is 1.87. The molecule has 2 N–H and O–H groups in total. The van der Waals surface area contributed by atoms with Crippen molar-refractivity contribution in [1.82, 2.24) is 29.6 Å². The van der Waals surface area contributed by atoms with E-state index in [1.165, 1.54) is 16.8 Å². The minimum absolute atomic E-state index is 0.0548. The van der Waals surface area contributed by atoms with Crippen LogP contribution in [0.1, 0.15) is 34.6 Å². The zero-order chi connectivity index (χ0) is 21.4. The van der Waals surface area contributed by atoms with Crippen LogP contribution < -0.4 is 11.0 Å². The molecule has 0 bridgehead atoms. The number of carbonyl (C=O) groups excluding carboxylic acids is 1. The molecule has 3 aromatic heterocycles. The smallest absolute Gasteiger partial charge is 0.346 e. The van der Waals surface area contributed by atoms with Gasteiger partial charge in [-0.15, -0.1) is 0 Å². The second kappa shape index (κ2) is 7.82. The molecular weight excluding hydrogens is 399 g/mol. The van der Waals surface area contributed by atoms with Crippen molar-refractivity contribution in [3.63, 3.8) is 0 Å². The number of halogens is 1. The molecule has 0 fully saturated rings. The molecule has 1 aliphatic heterocycles. The van der Waals surface area contributed by atoms with Gasteiger partial charge >= 0.3 is 5.69 Å². The van der Waals surface area contributed by atoms with Gasteiger partial charge in [0.25, 0.3) is 5.91 Å². The van der Waals surface area contributed by atoms with E-state index in [2.05, 4.69) is 20.4 Å². The van der Waals surface area contributed by atoms with E-state index in [4.69, 9.17) is 0 Å². The highest BCUT2D eigenvalue weighted by Crippen LogP contribution is 2.17. The number of H-pyrrole nitrogens is 1. The van der Waals surface area contributed by atoms with Crippen molar-refractivity contribution in [3.05, 3.63) is 82.0 Å². The predicted octanol–water partition coefficient (Wildman–Crippen LogP) is 2.24. The Morgan fingerprint density at radius 3 is 2.90 bits per heavy atom. The van der Waals surface area contributed by atoms with Crippen molar-refractivity contribution < 1.29 is 9.18 Å². The molecule has 9 heteroatoms. The second-order valence-electron chi connectivity index (χ2n) is 7.73. The molecule has 31 heavy (non-hydrogen) atoms. The molecule has 1 atom stereocenters. The fourth-order valence-corrected chi connectivity index (χ4v) is 4.05. The Kier molecular flexibility index (Phi) is 4.85. The third-order valence-electron chi connectivity index (χ3n) is 5.69. The molecule has 0 radical (unpaired) electrons. The molecule has 5 rings (SSSR count). The molecule has 1 amide bonds. The van der Waals surface area contributed by atoms with Gasteiger partial charge in [-0.3, -0.25) is 9.36 Å². The zero-order valence-corrected chi connectivity index (χ0v) is 16.7. The van der Waals surface area contributed by atoms with Crippen molar-refractivity contribution in [3.8, 4) is 0 Å². The molecule has 8 nitrogen and oxygen atoms in total. The van der Waals surface area contributed by atoms with E-state index in [9.17, 15) is 14.0 Å². The minimum atomic E-state index is -0.311. The van der Waals surface area contributed by atoms with Crippen LogP contribution in [0.4, 0.5) is 4.39 Å². The van der Waals surface area contributed by atoms with Gasteiger partial charge in [-0.1, -0.05) is 12.1 Å². The number of hydrogen-bond acceptors (Lipinski definition) is 4. The zero-order valence-electron chi connectivity index (χ0n) is 16.7. The summed E-state index contributed by atoms with van der Waals surface area (Å²) in [5.74, 6) is 0.242. The van der Waals surface area contributed by atoms with Crippen molar-refractivity contribution in [1.29, 1.82) is 0 Å². The second-order valence-corrected chi connectivity index (χ2v) is 7.73. The van der Waals surface area contributed by atoms with E-state index in [0.29, 0.717) is 49.4 Å². The quantitative estimate of drug-likeness (QED) is 0.529. The Balaban J connectivity index is 1.27. The Hall–Kier alpha value is -3.75. The molecule has 0 saturated heterocycles. The maximum absolute atomic E-state index is 13.1. The standard InChI is InChI=1S/C22H21FN6O2/c23-15-5-3-14(4-6-15)13-29-22(31)28-11-9-16(7-8-19(28)27-29)26-21(30)18-12-25-20-17(18)2-1-10-24-20/h1-6,10,12,16H,7-9,11,13H2,(H,24,25)(H,26,30). The number of nitrogens with zero attached hydrogens (tertiary/aromatic N) is 4. The lowest BCUT2D eigenvalue weighted by atomic mass is 10.1. The highest BCUT2D eigenvalue weighted by Gasteiger charge is 2.23. The average Bonchev–Trinajstić information content (AvgIpc) is 3.26. The van der Waals surface area contributed by atoms with Crippen LogP contribution in [0, 0.1) is 5.82 Å². The summed E-state index contributed by atoms with van der Waals surface area (Å²) in [6, 6.07) is 9.66. The first-order chi connectivity index (χ1) is 15.1. The fraction of sp³-hybridized carbons (Fsp3) is 0.273. The molecule has 4 heterocycles. The number of fused-ring (bicyclic) bond motifs is 2. The van der Waals surface area contributed by atoms with Crippen molar-refractivity contribution >= 4 is 16.9 Å². The maximum Gasteiger partial charge on any atom is 0.346 e. The van der Waals surface area contributed by atoms with E-state index < -0.39 is 0 Å². The Labute approximate surface area is 176 Å². The van der Waals surface area contributed by atoms with E-state index in [0.717, 1.165) is 10.9 Å². The highest BCUT2D eigenvalue weighted by molar-refractivity contribution is 6.05. The van der Waals surface area contributed by atoms with Crippen LogP contribution >= 0.6 is 0 Å². The topological polar surface area (TPSA) is 97.6 Å². The molecular formula is C22H21FN6O2. The lowest BCUT2D eigenvalue weighted by molar-refractivity contribution is 0.0934. The lowest BCUT2D eigenvalue weighted by Gasteiger charge is -2.15. The van der Waals surface area contributed by atoms with E-state index in [-0.39, 0.29) is 23.5 Å².